The maximum atomic E-state index is 11.5. The Labute approximate surface area is 213 Å². The van der Waals surface area contributed by atoms with Gasteiger partial charge in [0.05, 0.1) is 37.2 Å². The van der Waals surface area contributed by atoms with Crippen LogP contribution in [0.4, 0.5) is 5.69 Å². The first-order valence-electron chi connectivity index (χ1n) is 11.2. The Morgan fingerprint density at radius 2 is 1.92 bits per heavy atom. The standard InChI is InChI=1S/C27H23N3O5S/c1-33-18-9-10-20(23(15-18)34-2)30-25(24(29-27(30)36)19-8-3-4-13-28-19)22-12-11-21(35-22)16-6-5-7-17(14-16)26(31)32/h3-15,24-25H,1-2H3,(H,29,36)(H,31,32)/t24-,25+/m1/s1. The number of methoxy groups -OCH3 is 2. The number of carboxylic acid groups (broad SMARTS) is 1. The molecule has 0 aliphatic carbocycles. The van der Waals surface area contributed by atoms with Crippen molar-refractivity contribution in [1.29, 1.82) is 0 Å². The number of anilines is 1. The first-order valence-corrected chi connectivity index (χ1v) is 11.6. The van der Waals surface area contributed by atoms with Gasteiger partial charge in [-0.1, -0.05) is 18.2 Å². The van der Waals surface area contributed by atoms with E-state index < -0.39 is 12.0 Å². The van der Waals surface area contributed by atoms with Crippen LogP contribution in [0.2, 0.25) is 0 Å². The number of benzene rings is 2. The van der Waals surface area contributed by atoms with Gasteiger partial charge in [-0.2, -0.15) is 0 Å². The number of thiocarbonyl (C=S) groups is 1. The molecular weight excluding hydrogens is 478 g/mol. The molecule has 1 fully saturated rings. The van der Waals surface area contributed by atoms with Crippen molar-refractivity contribution >= 4 is 29.0 Å². The third kappa shape index (κ3) is 4.25. The Morgan fingerprint density at radius 3 is 2.64 bits per heavy atom. The molecule has 0 radical (unpaired) electrons. The van der Waals surface area contributed by atoms with Crippen LogP contribution >= 0.6 is 12.2 Å². The van der Waals surface area contributed by atoms with Gasteiger partial charge >= 0.3 is 5.97 Å². The molecule has 0 spiro atoms. The Bertz CT molecular complexity index is 1420. The molecule has 1 saturated heterocycles. The van der Waals surface area contributed by atoms with E-state index in [9.17, 15) is 9.90 Å². The molecule has 1 aliphatic rings. The van der Waals surface area contributed by atoms with Gasteiger partial charge in [-0.25, -0.2) is 4.79 Å². The first kappa shape index (κ1) is 23.4. The molecule has 0 saturated carbocycles. The molecule has 1 aliphatic heterocycles. The van der Waals surface area contributed by atoms with Crippen LogP contribution in [0.15, 0.2) is 83.4 Å². The monoisotopic (exact) mass is 501 g/mol. The van der Waals surface area contributed by atoms with Crippen molar-refractivity contribution in [3.63, 3.8) is 0 Å². The zero-order valence-corrected chi connectivity index (χ0v) is 20.4. The van der Waals surface area contributed by atoms with Gasteiger partial charge in [-0.15, -0.1) is 0 Å². The number of hydrogen-bond donors (Lipinski definition) is 2. The molecule has 2 aromatic heterocycles. The summed E-state index contributed by atoms with van der Waals surface area (Å²) in [7, 11) is 3.19. The highest BCUT2D eigenvalue weighted by Gasteiger charge is 2.43. The van der Waals surface area contributed by atoms with E-state index in [0.717, 1.165) is 11.4 Å². The van der Waals surface area contributed by atoms with E-state index in [2.05, 4.69) is 10.3 Å². The van der Waals surface area contributed by atoms with Crippen molar-refractivity contribution < 1.29 is 23.8 Å². The van der Waals surface area contributed by atoms with E-state index >= 15 is 0 Å². The number of rotatable bonds is 7. The predicted molar refractivity (Wildman–Crippen MR) is 139 cm³/mol. The Kier molecular flexibility index (Phi) is 6.30. The Morgan fingerprint density at radius 1 is 1.06 bits per heavy atom. The number of furan rings is 1. The summed E-state index contributed by atoms with van der Waals surface area (Å²) in [6, 6.07) is 20.9. The lowest BCUT2D eigenvalue weighted by Crippen LogP contribution is -2.29. The van der Waals surface area contributed by atoms with Crippen LogP contribution in [0, 0.1) is 0 Å². The van der Waals surface area contributed by atoms with Crippen molar-refractivity contribution in [2.75, 3.05) is 19.1 Å². The SMILES string of the molecule is COc1ccc(N2C(=S)N[C@H](c3ccccn3)[C@@H]2c2ccc(-c3cccc(C(=O)O)c3)o2)c(OC)c1. The second kappa shape index (κ2) is 9.71. The highest BCUT2D eigenvalue weighted by Crippen LogP contribution is 2.46. The van der Waals surface area contributed by atoms with Crippen molar-refractivity contribution in [2.24, 2.45) is 0 Å². The van der Waals surface area contributed by atoms with Crippen LogP contribution in [0.1, 0.15) is 33.9 Å². The quantitative estimate of drug-likeness (QED) is 0.330. The van der Waals surface area contributed by atoms with Gasteiger partial charge in [-0.05, 0) is 60.7 Å². The van der Waals surface area contributed by atoms with E-state index in [-0.39, 0.29) is 11.6 Å². The van der Waals surface area contributed by atoms with Gasteiger partial charge in [0.1, 0.15) is 29.1 Å². The van der Waals surface area contributed by atoms with Crippen LogP contribution in [-0.4, -0.2) is 35.4 Å². The molecule has 2 N–H and O–H groups in total. The van der Waals surface area contributed by atoms with Gasteiger partial charge in [0.15, 0.2) is 5.11 Å². The zero-order chi connectivity index (χ0) is 25.2. The number of aromatic carboxylic acids is 1. The fraction of sp³-hybridized carbons (Fsp3) is 0.148. The minimum atomic E-state index is -0.998. The molecule has 0 amide bonds. The van der Waals surface area contributed by atoms with Crippen LogP contribution in [0.3, 0.4) is 0 Å². The summed E-state index contributed by atoms with van der Waals surface area (Å²) in [5, 5.41) is 13.3. The number of pyridine rings is 1. The van der Waals surface area contributed by atoms with Crippen LogP contribution in [0.25, 0.3) is 11.3 Å². The van der Waals surface area contributed by atoms with E-state index in [1.807, 2.05) is 53.4 Å². The highest BCUT2D eigenvalue weighted by atomic mass is 32.1. The predicted octanol–water partition coefficient (Wildman–Crippen LogP) is 5.23. The summed E-state index contributed by atoms with van der Waals surface area (Å²) in [6.45, 7) is 0. The molecular formula is C27H23N3O5S. The molecule has 5 rings (SSSR count). The van der Waals surface area contributed by atoms with Crippen molar-refractivity contribution in [3.8, 4) is 22.8 Å². The van der Waals surface area contributed by atoms with E-state index in [1.165, 1.54) is 0 Å². The number of ether oxygens (including phenoxy) is 2. The molecule has 2 aromatic carbocycles. The summed E-state index contributed by atoms with van der Waals surface area (Å²) in [5.74, 6) is 1.43. The molecule has 0 bridgehead atoms. The second-order valence-corrected chi connectivity index (χ2v) is 8.51. The molecule has 8 nitrogen and oxygen atoms in total. The summed E-state index contributed by atoms with van der Waals surface area (Å²) >= 11 is 5.78. The van der Waals surface area contributed by atoms with Gasteiger partial charge in [-0.3, -0.25) is 4.98 Å². The molecule has 0 unspecified atom stereocenters. The number of nitrogens with zero attached hydrogens (tertiary/aromatic N) is 2. The van der Waals surface area contributed by atoms with Crippen molar-refractivity contribution in [1.82, 2.24) is 10.3 Å². The average molecular weight is 502 g/mol. The highest BCUT2D eigenvalue weighted by molar-refractivity contribution is 7.80. The summed E-state index contributed by atoms with van der Waals surface area (Å²) in [4.78, 5) is 18.0. The normalized spacial score (nSPS) is 17.1. The maximum absolute atomic E-state index is 11.5. The third-order valence-electron chi connectivity index (χ3n) is 6.06. The average Bonchev–Trinajstić information content (AvgIpc) is 3.53. The summed E-state index contributed by atoms with van der Waals surface area (Å²) in [6.07, 6.45) is 1.73. The summed E-state index contributed by atoms with van der Waals surface area (Å²) in [5.41, 5.74) is 2.39. The summed E-state index contributed by atoms with van der Waals surface area (Å²) < 4.78 is 17.4. The maximum Gasteiger partial charge on any atom is 0.335 e. The number of aromatic nitrogens is 1. The minimum Gasteiger partial charge on any atom is -0.497 e. The van der Waals surface area contributed by atoms with Crippen molar-refractivity contribution in [3.05, 3.63) is 96.0 Å². The van der Waals surface area contributed by atoms with Crippen molar-refractivity contribution in [2.45, 2.75) is 12.1 Å². The lowest BCUT2D eigenvalue weighted by molar-refractivity contribution is 0.0697. The molecule has 36 heavy (non-hydrogen) atoms. The molecule has 182 valence electrons. The molecule has 3 heterocycles. The molecule has 4 aromatic rings. The van der Waals surface area contributed by atoms with E-state index in [4.69, 9.17) is 26.1 Å². The Balaban J connectivity index is 1.62. The second-order valence-electron chi connectivity index (χ2n) is 8.12. The largest absolute Gasteiger partial charge is 0.497 e. The lowest BCUT2D eigenvalue weighted by atomic mass is 10.0. The minimum absolute atomic E-state index is 0.185. The van der Waals surface area contributed by atoms with E-state index in [1.54, 1.807) is 44.7 Å². The lowest BCUT2D eigenvalue weighted by Gasteiger charge is -2.27. The van der Waals surface area contributed by atoms with Gasteiger partial charge in [0, 0.05) is 17.8 Å². The molecule has 9 heteroatoms. The zero-order valence-electron chi connectivity index (χ0n) is 19.5. The van der Waals surface area contributed by atoms with E-state index in [0.29, 0.717) is 33.7 Å². The fourth-order valence-electron chi connectivity index (χ4n) is 4.36. The van der Waals surface area contributed by atoms with Gasteiger partial charge < -0.3 is 29.2 Å². The fourth-order valence-corrected chi connectivity index (χ4v) is 4.70. The van der Waals surface area contributed by atoms with Gasteiger partial charge in [0.25, 0.3) is 0 Å². The first-order chi connectivity index (χ1) is 17.5. The number of hydrogen-bond acceptors (Lipinski definition) is 6. The topological polar surface area (TPSA) is 97.1 Å². The number of nitrogens with one attached hydrogen (secondary N) is 1. The Hall–Kier alpha value is -4.37. The van der Waals surface area contributed by atoms with Crippen LogP contribution < -0.4 is 19.7 Å². The molecule has 2 atom stereocenters. The third-order valence-corrected chi connectivity index (χ3v) is 6.37. The number of carboxylic acids is 1. The number of carbonyl (C=O) groups is 1. The van der Waals surface area contributed by atoms with Crippen LogP contribution in [0.5, 0.6) is 11.5 Å². The van der Waals surface area contributed by atoms with Gasteiger partial charge in [0.2, 0.25) is 0 Å². The smallest absolute Gasteiger partial charge is 0.335 e. The van der Waals surface area contributed by atoms with Crippen LogP contribution in [-0.2, 0) is 0 Å².